The number of aromatic nitrogens is 1. The van der Waals surface area contributed by atoms with Gasteiger partial charge in [0.2, 0.25) is 5.91 Å². The Kier molecular flexibility index (Phi) is 8.44. The number of pyridine rings is 1. The molecule has 1 aliphatic rings. The number of benzene rings is 1. The number of anilines is 1. The first kappa shape index (κ1) is 24.4. The zero-order chi connectivity index (χ0) is 23.1. The van der Waals surface area contributed by atoms with Crippen molar-refractivity contribution in [1.29, 1.82) is 0 Å². The first-order valence-electron chi connectivity index (χ1n) is 10.1. The number of rotatable bonds is 9. The second kappa shape index (κ2) is 11.1. The molecule has 1 aliphatic heterocycles. The molecular formula is C22H24ClF3N4OS. The maximum absolute atomic E-state index is 12.8. The number of hydrogen-bond acceptors (Lipinski definition) is 5. The quantitative estimate of drug-likeness (QED) is 0.307. The molecule has 10 heteroatoms. The molecule has 1 aromatic carbocycles. The van der Waals surface area contributed by atoms with Gasteiger partial charge in [-0.25, -0.2) is 5.43 Å². The molecular weight excluding hydrogens is 461 g/mol. The monoisotopic (exact) mass is 484 g/mol. The summed E-state index contributed by atoms with van der Waals surface area (Å²) >= 11 is 8.02. The number of likely N-dealkylation sites (N-methyl/N-ethyl adjacent to an activating group) is 1. The smallest absolute Gasteiger partial charge is 0.312 e. The molecule has 1 unspecified atom stereocenters. The molecule has 0 aliphatic carbocycles. The van der Waals surface area contributed by atoms with Crippen molar-refractivity contribution in [1.82, 2.24) is 15.3 Å². The van der Waals surface area contributed by atoms with Crippen LogP contribution in [0.15, 0.2) is 60.7 Å². The number of halogens is 4. The Morgan fingerprint density at radius 1 is 1.25 bits per heavy atom. The molecule has 172 valence electrons. The van der Waals surface area contributed by atoms with Crippen LogP contribution in [-0.2, 0) is 17.4 Å². The van der Waals surface area contributed by atoms with Crippen LogP contribution in [0, 0.1) is 0 Å². The average Bonchev–Trinajstić information content (AvgIpc) is 3.16. The van der Waals surface area contributed by atoms with Crippen LogP contribution in [0.1, 0.15) is 24.5 Å². The number of thioether (sulfide) groups is 1. The van der Waals surface area contributed by atoms with E-state index < -0.39 is 17.2 Å². The third-order valence-corrected chi connectivity index (χ3v) is 6.21. The summed E-state index contributed by atoms with van der Waals surface area (Å²) in [5.74, 6) is 1.32. The van der Waals surface area contributed by atoms with Gasteiger partial charge in [0.25, 0.3) is 0 Å². The number of amides is 1. The predicted molar refractivity (Wildman–Crippen MR) is 122 cm³/mol. The van der Waals surface area contributed by atoms with Crippen LogP contribution in [0.3, 0.4) is 0 Å². The Morgan fingerprint density at radius 2 is 2.00 bits per heavy atom. The molecule has 1 N–H and O–H groups in total. The highest BCUT2D eigenvalue weighted by Crippen LogP contribution is 2.29. The molecule has 0 spiro atoms. The summed E-state index contributed by atoms with van der Waals surface area (Å²) in [6, 6.07) is 8.90. The molecule has 0 saturated carbocycles. The number of alkyl halides is 4. The normalized spacial score (nSPS) is 16.2. The highest BCUT2D eigenvalue weighted by molar-refractivity contribution is 7.99. The molecule has 1 aromatic heterocycles. The van der Waals surface area contributed by atoms with Crippen molar-refractivity contribution < 1.29 is 18.0 Å². The Morgan fingerprint density at radius 3 is 2.62 bits per heavy atom. The molecule has 32 heavy (non-hydrogen) atoms. The Labute approximate surface area is 194 Å². The van der Waals surface area contributed by atoms with E-state index in [1.807, 2.05) is 19.1 Å². The summed E-state index contributed by atoms with van der Waals surface area (Å²) in [5.41, 5.74) is 4.25. The Bertz CT molecular complexity index is 925. The topological polar surface area (TPSA) is 48.5 Å². The number of carbonyl (C=O) groups is 1. The highest BCUT2D eigenvalue weighted by Gasteiger charge is 2.30. The number of nitrogens with one attached hydrogen (secondary N) is 1. The lowest BCUT2D eigenvalue weighted by Crippen LogP contribution is -2.37. The van der Waals surface area contributed by atoms with E-state index in [2.05, 4.69) is 10.4 Å². The minimum atomic E-state index is -4.32. The van der Waals surface area contributed by atoms with Gasteiger partial charge in [0, 0.05) is 31.1 Å². The Balaban J connectivity index is 1.46. The van der Waals surface area contributed by atoms with E-state index in [0.717, 1.165) is 29.1 Å². The number of nitrogens with zero attached hydrogens (tertiary/aromatic N) is 3. The van der Waals surface area contributed by atoms with Crippen molar-refractivity contribution in [2.45, 2.75) is 31.4 Å². The van der Waals surface area contributed by atoms with E-state index in [-0.39, 0.29) is 5.91 Å². The van der Waals surface area contributed by atoms with E-state index in [1.165, 1.54) is 12.1 Å². The van der Waals surface area contributed by atoms with Gasteiger partial charge in [0.15, 0.2) is 0 Å². The molecule has 5 nitrogen and oxygen atoms in total. The summed E-state index contributed by atoms with van der Waals surface area (Å²) in [5, 5.41) is 1.74. The molecule has 0 bridgehead atoms. The molecule has 1 atom stereocenters. The summed E-state index contributed by atoms with van der Waals surface area (Å²) in [7, 11) is 0. The fraction of sp³-hybridized carbons (Fsp3) is 0.364. The number of hydrogen-bond donors (Lipinski definition) is 1. The van der Waals surface area contributed by atoms with E-state index >= 15 is 0 Å². The fourth-order valence-electron chi connectivity index (χ4n) is 3.22. The van der Waals surface area contributed by atoms with Gasteiger partial charge >= 0.3 is 6.18 Å². The fourth-order valence-corrected chi connectivity index (χ4v) is 4.41. The number of aryl methyl sites for hydroxylation is 1. The van der Waals surface area contributed by atoms with Crippen LogP contribution in [0.2, 0.25) is 0 Å². The number of hydrazine groups is 1. The van der Waals surface area contributed by atoms with Crippen molar-refractivity contribution in [2.75, 3.05) is 23.1 Å². The van der Waals surface area contributed by atoms with Gasteiger partial charge in [-0.3, -0.25) is 14.8 Å². The van der Waals surface area contributed by atoms with Crippen LogP contribution in [0.25, 0.3) is 0 Å². The molecule has 3 rings (SSSR count). The summed E-state index contributed by atoms with van der Waals surface area (Å²) in [6.07, 6.45) is 1.85. The predicted octanol–water partition coefficient (Wildman–Crippen LogP) is 5.05. The molecule has 2 aromatic rings. The van der Waals surface area contributed by atoms with Crippen LogP contribution < -0.4 is 10.4 Å². The van der Waals surface area contributed by atoms with Gasteiger partial charge in [-0.1, -0.05) is 23.7 Å². The number of carbonyl (C=O) groups excluding carboxylic acids is 1. The largest absolute Gasteiger partial charge is 0.416 e. The van der Waals surface area contributed by atoms with E-state index in [4.69, 9.17) is 11.6 Å². The van der Waals surface area contributed by atoms with Crippen LogP contribution in [0.4, 0.5) is 18.9 Å². The van der Waals surface area contributed by atoms with E-state index in [0.29, 0.717) is 30.8 Å². The minimum absolute atomic E-state index is 0.0266. The second-order valence-electron chi connectivity index (χ2n) is 7.07. The maximum Gasteiger partial charge on any atom is 0.416 e. The zero-order valence-corrected chi connectivity index (χ0v) is 19.1. The third-order valence-electron chi connectivity index (χ3n) is 4.90. The van der Waals surface area contributed by atoms with Crippen LogP contribution in [-0.4, -0.2) is 39.3 Å². The van der Waals surface area contributed by atoms with Crippen molar-refractivity contribution in [3.8, 4) is 0 Å². The lowest BCUT2D eigenvalue weighted by molar-refractivity contribution is -0.137. The SMILES string of the molecule is CCN(C(=O)CCSCCc1ccc(C(F)(F)F)cc1)C1=CN(c2cccnc2)NC1Cl. The van der Waals surface area contributed by atoms with Gasteiger partial charge < -0.3 is 4.90 Å². The zero-order valence-electron chi connectivity index (χ0n) is 17.5. The van der Waals surface area contributed by atoms with Gasteiger partial charge in [0.1, 0.15) is 5.50 Å². The molecule has 0 fully saturated rings. The molecule has 0 radical (unpaired) electrons. The van der Waals surface area contributed by atoms with Crippen molar-refractivity contribution in [3.63, 3.8) is 0 Å². The first-order valence-corrected chi connectivity index (χ1v) is 11.7. The van der Waals surface area contributed by atoms with E-state index in [9.17, 15) is 18.0 Å². The standard InChI is InChI=1S/C22H24ClF3N4OS/c1-2-29(19-15-30(28-21(19)23)18-4-3-11-27-14-18)20(31)10-13-32-12-9-16-5-7-17(8-6-16)22(24,25)26/h3-8,11,14-15,21,28H,2,9-10,12-13H2,1H3. The molecule has 0 saturated heterocycles. The summed E-state index contributed by atoms with van der Waals surface area (Å²) in [6.45, 7) is 2.39. The van der Waals surface area contributed by atoms with E-state index in [1.54, 1.807) is 40.3 Å². The molecule has 1 amide bonds. The van der Waals surface area contributed by atoms with Crippen LogP contribution >= 0.6 is 23.4 Å². The lowest BCUT2D eigenvalue weighted by Gasteiger charge is -2.23. The minimum Gasteiger partial charge on any atom is -0.312 e. The highest BCUT2D eigenvalue weighted by atomic mass is 35.5. The summed E-state index contributed by atoms with van der Waals surface area (Å²) in [4.78, 5) is 18.5. The van der Waals surface area contributed by atoms with Crippen LogP contribution in [0.5, 0.6) is 0 Å². The average molecular weight is 485 g/mol. The maximum atomic E-state index is 12.8. The lowest BCUT2D eigenvalue weighted by atomic mass is 10.1. The van der Waals surface area contributed by atoms with Crippen molar-refractivity contribution in [3.05, 3.63) is 71.8 Å². The third kappa shape index (κ3) is 6.40. The van der Waals surface area contributed by atoms with Gasteiger partial charge in [-0.05, 0) is 48.9 Å². The summed E-state index contributed by atoms with van der Waals surface area (Å²) < 4.78 is 37.9. The van der Waals surface area contributed by atoms with Gasteiger partial charge in [-0.2, -0.15) is 24.9 Å². The first-order chi connectivity index (χ1) is 15.3. The molecule has 2 heterocycles. The van der Waals surface area contributed by atoms with Crippen molar-refractivity contribution in [2.24, 2.45) is 0 Å². The second-order valence-corrected chi connectivity index (χ2v) is 8.73. The van der Waals surface area contributed by atoms with Gasteiger partial charge in [0.05, 0.1) is 23.1 Å². The van der Waals surface area contributed by atoms with Gasteiger partial charge in [-0.15, -0.1) is 0 Å². The van der Waals surface area contributed by atoms with Crippen molar-refractivity contribution >= 4 is 35.0 Å². The Hall–Kier alpha value is -2.23.